The van der Waals surface area contributed by atoms with Crippen molar-refractivity contribution in [2.45, 2.75) is 64.5 Å². The van der Waals surface area contributed by atoms with Crippen molar-refractivity contribution in [3.63, 3.8) is 0 Å². The van der Waals surface area contributed by atoms with Crippen molar-refractivity contribution < 1.29 is 4.39 Å². The fourth-order valence-electron chi connectivity index (χ4n) is 3.17. The number of halogens is 1. The molecule has 0 saturated heterocycles. The quantitative estimate of drug-likeness (QED) is 0.802. The maximum absolute atomic E-state index is 13.0. The summed E-state index contributed by atoms with van der Waals surface area (Å²) in [7, 11) is 0. The molecule has 0 amide bonds. The van der Waals surface area contributed by atoms with Gasteiger partial charge in [-0.1, -0.05) is 32.4 Å². The summed E-state index contributed by atoms with van der Waals surface area (Å²) in [5, 5.41) is 3.76. The molecule has 1 N–H and O–H groups in total. The van der Waals surface area contributed by atoms with Crippen LogP contribution in [-0.2, 0) is 0 Å². The monoisotopic (exact) mass is 263 g/mol. The second-order valence-electron chi connectivity index (χ2n) is 5.80. The van der Waals surface area contributed by atoms with E-state index in [0.29, 0.717) is 12.1 Å². The molecule has 2 rings (SSSR count). The average molecular weight is 263 g/mol. The Labute approximate surface area is 116 Å². The Morgan fingerprint density at radius 3 is 2.26 bits per heavy atom. The van der Waals surface area contributed by atoms with Crippen LogP contribution in [0.2, 0.25) is 0 Å². The number of nitrogens with one attached hydrogen (secondary N) is 1. The highest BCUT2D eigenvalue weighted by atomic mass is 19.1. The molecule has 0 spiro atoms. The van der Waals surface area contributed by atoms with Crippen molar-refractivity contribution in [3.05, 3.63) is 35.6 Å². The van der Waals surface area contributed by atoms with E-state index in [2.05, 4.69) is 19.2 Å². The first-order valence-corrected chi connectivity index (χ1v) is 7.74. The van der Waals surface area contributed by atoms with Crippen LogP contribution in [0.3, 0.4) is 0 Å². The lowest BCUT2D eigenvalue weighted by molar-refractivity contribution is 0.267. The summed E-state index contributed by atoms with van der Waals surface area (Å²) in [6.07, 6.45) is 7.66. The molecule has 0 aliphatic heterocycles. The standard InChI is InChI=1S/C17H26FN/c1-3-13-5-11-16(12-6-13)19-17(4-2)14-7-9-15(18)10-8-14/h7-10,13,16-17,19H,3-6,11-12H2,1-2H3. The maximum atomic E-state index is 13.0. The molecule has 2 heteroatoms. The summed E-state index contributed by atoms with van der Waals surface area (Å²) < 4.78 is 13.0. The van der Waals surface area contributed by atoms with Crippen LogP contribution in [0.15, 0.2) is 24.3 Å². The van der Waals surface area contributed by atoms with Crippen LogP contribution in [0.25, 0.3) is 0 Å². The van der Waals surface area contributed by atoms with Gasteiger partial charge in [0.2, 0.25) is 0 Å². The number of benzene rings is 1. The molecule has 1 nitrogen and oxygen atoms in total. The average Bonchev–Trinajstić information content (AvgIpc) is 2.46. The number of rotatable bonds is 5. The van der Waals surface area contributed by atoms with Crippen molar-refractivity contribution in [1.82, 2.24) is 5.32 Å². The molecule has 0 heterocycles. The van der Waals surface area contributed by atoms with Gasteiger partial charge in [-0.2, -0.15) is 0 Å². The van der Waals surface area contributed by atoms with Gasteiger partial charge in [0.1, 0.15) is 5.82 Å². The molecule has 1 aliphatic carbocycles. The van der Waals surface area contributed by atoms with Crippen LogP contribution in [0.1, 0.15) is 64.0 Å². The van der Waals surface area contributed by atoms with Gasteiger partial charge in [0.05, 0.1) is 0 Å². The van der Waals surface area contributed by atoms with E-state index in [1.165, 1.54) is 37.7 Å². The lowest BCUT2D eigenvalue weighted by Gasteiger charge is -2.31. The van der Waals surface area contributed by atoms with E-state index in [1.807, 2.05) is 12.1 Å². The van der Waals surface area contributed by atoms with E-state index in [4.69, 9.17) is 0 Å². The smallest absolute Gasteiger partial charge is 0.123 e. The highest BCUT2D eigenvalue weighted by molar-refractivity contribution is 5.20. The van der Waals surface area contributed by atoms with E-state index < -0.39 is 0 Å². The van der Waals surface area contributed by atoms with Gasteiger partial charge in [0, 0.05) is 12.1 Å². The minimum atomic E-state index is -0.151. The van der Waals surface area contributed by atoms with Gasteiger partial charge in [0.25, 0.3) is 0 Å². The molecule has 0 bridgehead atoms. The minimum Gasteiger partial charge on any atom is -0.307 e. The minimum absolute atomic E-state index is 0.151. The first-order valence-electron chi connectivity index (χ1n) is 7.74. The van der Waals surface area contributed by atoms with Crippen molar-refractivity contribution >= 4 is 0 Å². The van der Waals surface area contributed by atoms with Crippen LogP contribution >= 0.6 is 0 Å². The summed E-state index contributed by atoms with van der Waals surface area (Å²) in [6.45, 7) is 4.49. The predicted molar refractivity (Wildman–Crippen MR) is 78.6 cm³/mol. The third kappa shape index (κ3) is 4.04. The van der Waals surface area contributed by atoms with Gasteiger partial charge >= 0.3 is 0 Å². The molecule has 106 valence electrons. The SMILES string of the molecule is CCC1CCC(NC(CC)c2ccc(F)cc2)CC1. The largest absolute Gasteiger partial charge is 0.307 e. The van der Waals surface area contributed by atoms with Gasteiger partial charge in [0.15, 0.2) is 0 Å². The van der Waals surface area contributed by atoms with Gasteiger partial charge in [-0.05, 0) is 55.7 Å². The van der Waals surface area contributed by atoms with Crippen LogP contribution < -0.4 is 5.32 Å². The van der Waals surface area contributed by atoms with Crippen molar-refractivity contribution in [3.8, 4) is 0 Å². The zero-order chi connectivity index (χ0) is 13.7. The van der Waals surface area contributed by atoms with E-state index in [-0.39, 0.29) is 5.82 Å². The Morgan fingerprint density at radius 2 is 1.74 bits per heavy atom. The first-order chi connectivity index (χ1) is 9.22. The topological polar surface area (TPSA) is 12.0 Å². The third-order valence-electron chi connectivity index (χ3n) is 4.54. The molecular weight excluding hydrogens is 237 g/mol. The summed E-state index contributed by atoms with van der Waals surface area (Å²) in [5.41, 5.74) is 1.21. The summed E-state index contributed by atoms with van der Waals surface area (Å²) in [4.78, 5) is 0. The Balaban J connectivity index is 1.91. The molecule has 1 unspecified atom stereocenters. The van der Waals surface area contributed by atoms with E-state index >= 15 is 0 Å². The maximum Gasteiger partial charge on any atom is 0.123 e. The molecule has 1 aromatic rings. The highest BCUT2D eigenvalue weighted by Gasteiger charge is 2.22. The third-order valence-corrected chi connectivity index (χ3v) is 4.54. The molecule has 1 fully saturated rings. The normalized spacial score (nSPS) is 25.2. The second-order valence-corrected chi connectivity index (χ2v) is 5.80. The van der Waals surface area contributed by atoms with Crippen LogP contribution in [0.5, 0.6) is 0 Å². The molecule has 0 aromatic heterocycles. The van der Waals surface area contributed by atoms with Gasteiger partial charge in [-0.3, -0.25) is 0 Å². The molecule has 1 aliphatic rings. The lowest BCUT2D eigenvalue weighted by Crippen LogP contribution is -2.35. The van der Waals surface area contributed by atoms with Crippen LogP contribution in [0, 0.1) is 11.7 Å². The predicted octanol–water partition coefficient (Wildman–Crippen LogP) is 4.84. The van der Waals surface area contributed by atoms with E-state index in [1.54, 1.807) is 12.1 Å². The second kappa shape index (κ2) is 7.04. The van der Waals surface area contributed by atoms with Gasteiger partial charge in [-0.15, -0.1) is 0 Å². The molecule has 1 atom stereocenters. The summed E-state index contributed by atoms with van der Waals surface area (Å²) >= 11 is 0. The van der Waals surface area contributed by atoms with E-state index in [0.717, 1.165) is 12.3 Å². The number of hydrogen-bond donors (Lipinski definition) is 1. The Morgan fingerprint density at radius 1 is 1.11 bits per heavy atom. The first kappa shape index (κ1) is 14.5. The fraction of sp³-hybridized carbons (Fsp3) is 0.647. The fourth-order valence-corrected chi connectivity index (χ4v) is 3.17. The van der Waals surface area contributed by atoms with Crippen LogP contribution in [0.4, 0.5) is 4.39 Å². The van der Waals surface area contributed by atoms with Crippen LogP contribution in [-0.4, -0.2) is 6.04 Å². The zero-order valence-electron chi connectivity index (χ0n) is 12.2. The summed E-state index contributed by atoms with van der Waals surface area (Å²) in [5.74, 6) is 0.783. The van der Waals surface area contributed by atoms with Gasteiger partial charge < -0.3 is 5.32 Å². The Bertz CT molecular complexity index is 365. The molecule has 1 saturated carbocycles. The lowest BCUT2D eigenvalue weighted by atomic mass is 9.84. The molecule has 0 radical (unpaired) electrons. The van der Waals surface area contributed by atoms with Crippen molar-refractivity contribution in [2.75, 3.05) is 0 Å². The van der Waals surface area contributed by atoms with E-state index in [9.17, 15) is 4.39 Å². The Kier molecular flexibility index (Phi) is 5.38. The van der Waals surface area contributed by atoms with Crippen molar-refractivity contribution in [1.29, 1.82) is 0 Å². The van der Waals surface area contributed by atoms with Crippen molar-refractivity contribution in [2.24, 2.45) is 5.92 Å². The Hall–Kier alpha value is -0.890. The number of hydrogen-bond acceptors (Lipinski definition) is 1. The zero-order valence-corrected chi connectivity index (χ0v) is 12.2. The van der Waals surface area contributed by atoms with Gasteiger partial charge in [-0.25, -0.2) is 4.39 Å². The highest BCUT2D eigenvalue weighted by Crippen LogP contribution is 2.28. The molecule has 19 heavy (non-hydrogen) atoms. The molecular formula is C17H26FN. The summed E-state index contributed by atoms with van der Waals surface area (Å²) in [6, 6.07) is 7.95. The molecule has 1 aromatic carbocycles.